The summed E-state index contributed by atoms with van der Waals surface area (Å²) in [7, 11) is 1.71. The molecule has 0 aliphatic carbocycles. The lowest BCUT2D eigenvalue weighted by Crippen LogP contribution is -2.41. The molecule has 0 N–H and O–H groups in total. The monoisotopic (exact) mass is 224 g/mol. The average Bonchev–Trinajstić information content (AvgIpc) is 2.70. The van der Waals surface area contributed by atoms with Crippen molar-refractivity contribution in [3.63, 3.8) is 0 Å². The minimum absolute atomic E-state index is 0.274. The molecule has 2 heterocycles. The van der Waals surface area contributed by atoms with Gasteiger partial charge in [0.2, 0.25) is 5.82 Å². The topological polar surface area (TPSA) is 59.7 Å². The number of aromatic nitrogens is 2. The molecule has 16 heavy (non-hydrogen) atoms. The maximum Gasteiger partial charge on any atom is 0.217 e. The van der Waals surface area contributed by atoms with Crippen molar-refractivity contribution < 1.29 is 4.74 Å². The van der Waals surface area contributed by atoms with E-state index < -0.39 is 0 Å². The lowest BCUT2D eigenvalue weighted by atomic mass is 10.2. The summed E-state index contributed by atoms with van der Waals surface area (Å²) in [4.78, 5) is 12.7. The van der Waals surface area contributed by atoms with E-state index in [0.29, 0.717) is 12.6 Å². The number of nitrogens with zero attached hydrogens (tertiary/aromatic N) is 4. The second kappa shape index (κ2) is 4.71. The quantitative estimate of drug-likeness (QED) is 0.719. The predicted octanol–water partition coefficient (Wildman–Crippen LogP) is 1.13. The summed E-state index contributed by atoms with van der Waals surface area (Å²) in [6.07, 6.45) is 0. The van der Waals surface area contributed by atoms with Crippen LogP contribution >= 0.6 is 0 Å². The highest BCUT2D eigenvalue weighted by molar-refractivity contribution is 5.29. The highest BCUT2D eigenvalue weighted by Gasteiger charge is 2.22. The van der Waals surface area contributed by atoms with Crippen molar-refractivity contribution in [2.75, 3.05) is 20.3 Å². The van der Waals surface area contributed by atoms with Gasteiger partial charge in [-0.3, -0.25) is 9.58 Å². The molecule has 0 aromatic carbocycles. The van der Waals surface area contributed by atoms with Crippen LogP contribution < -0.4 is 0 Å². The van der Waals surface area contributed by atoms with Gasteiger partial charge < -0.3 is 4.74 Å². The van der Waals surface area contributed by atoms with E-state index in [1.165, 1.54) is 0 Å². The standard InChI is InChI=1S/C10H16N4O2/c1-8(7-16-2)13-3-4-14-9(6-13)5-10(11-14)12-15/h5,8H,3-4,6-7H2,1-2H3. The van der Waals surface area contributed by atoms with Crippen LogP contribution in [0.1, 0.15) is 12.6 Å². The molecule has 1 aliphatic heterocycles. The van der Waals surface area contributed by atoms with E-state index in [-0.39, 0.29) is 5.82 Å². The van der Waals surface area contributed by atoms with E-state index in [4.69, 9.17) is 4.74 Å². The summed E-state index contributed by atoms with van der Waals surface area (Å²) in [5.74, 6) is 0.274. The average molecular weight is 224 g/mol. The zero-order valence-electron chi connectivity index (χ0n) is 9.59. The molecule has 0 radical (unpaired) electrons. The van der Waals surface area contributed by atoms with Crippen LogP contribution in [0.4, 0.5) is 5.82 Å². The zero-order valence-corrected chi connectivity index (χ0v) is 9.59. The van der Waals surface area contributed by atoms with Gasteiger partial charge in [0.1, 0.15) is 0 Å². The zero-order chi connectivity index (χ0) is 11.5. The summed E-state index contributed by atoms with van der Waals surface area (Å²) in [5, 5.41) is 6.95. The fourth-order valence-corrected chi connectivity index (χ4v) is 2.04. The maximum absolute atomic E-state index is 10.4. The third-order valence-corrected chi connectivity index (χ3v) is 2.94. The maximum atomic E-state index is 10.4. The van der Waals surface area contributed by atoms with Crippen molar-refractivity contribution in [1.29, 1.82) is 0 Å². The van der Waals surface area contributed by atoms with Gasteiger partial charge in [-0.05, 0) is 12.1 Å². The molecule has 0 fully saturated rings. The lowest BCUT2D eigenvalue weighted by molar-refractivity contribution is 0.0797. The number of hydrogen-bond acceptors (Lipinski definition) is 5. The van der Waals surface area contributed by atoms with Crippen LogP contribution in [0.2, 0.25) is 0 Å². The van der Waals surface area contributed by atoms with Crippen LogP contribution in [-0.2, 0) is 17.8 Å². The number of nitroso groups, excluding NO2 is 1. The Hall–Kier alpha value is -1.27. The molecular formula is C10H16N4O2. The Morgan fingerprint density at radius 3 is 3.12 bits per heavy atom. The minimum Gasteiger partial charge on any atom is -0.383 e. The van der Waals surface area contributed by atoms with E-state index in [1.807, 2.05) is 4.68 Å². The number of rotatable bonds is 4. The fraction of sp³-hybridized carbons (Fsp3) is 0.700. The smallest absolute Gasteiger partial charge is 0.217 e. The first-order chi connectivity index (χ1) is 7.74. The van der Waals surface area contributed by atoms with E-state index in [2.05, 4.69) is 22.1 Å². The van der Waals surface area contributed by atoms with E-state index >= 15 is 0 Å². The number of hydrogen-bond donors (Lipinski definition) is 0. The molecule has 6 heteroatoms. The normalized spacial score (nSPS) is 18.1. The van der Waals surface area contributed by atoms with Crippen LogP contribution in [0.25, 0.3) is 0 Å². The van der Waals surface area contributed by atoms with Crippen molar-refractivity contribution in [2.45, 2.75) is 26.1 Å². The Morgan fingerprint density at radius 2 is 2.44 bits per heavy atom. The first-order valence-corrected chi connectivity index (χ1v) is 5.37. The van der Waals surface area contributed by atoms with Crippen molar-refractivity contribution in [1.82, 2.24) is 14.7 Å². The molecule has 0 spiro atoms. The van der Waals surface area contributed by atoms with Crippen LogP contribution in [0.3, 0.4) is 0 Å². The first-order valence-electron chi connectivity index (χ1n) is 5.37. The predicted molar refractivity (Wildman–Crippen MR) is 59.4 cm³/mol. The van der Waals surface area contributed by atoms with Crippen LogP contribution in [-0.4, -0.2) is 41.0 Å². The molecule has 1 aliphatic rings. The molecule has 1 aromatic rings. The molecule has 0 saturated heterocycles. The third kappa shape index (κ3) is 2.12. The number of methoxy groups -OCH3 is 1. The molecule has 88 valence electrons. The fourth-order valence-electron chi connectivity index (χ4n) is 2.04. The Kier molecular flexibility index (Phi) is 3.31. The summed E-state index contributed by atoms with van der Waals surface area (Å²) >= 11 is 0. The number of ether oxygens (including phenoxy) is 1. The van der Waals surface area contributed by atoms with Crippen molar-refractivity contribution in [3.05, 3.63) is 16.7 Å². The van der Waals surface area contributed by atoms with Crippen molar-refractivity contribution in [2.24, 2.45) is 5.18 Å². The van der Waals surface area contributed by atoms with Gasteiger partial charge in [-0.25, -0.2) is 0 Å². The first kappa shape index (κ1) is 11.2. The van der Waals surface area contributed by atoms with Gasteiger partial charge in [-0.2, -0.15) is 0 Å². The van der Waals surface area contributed by atoms with Crippen molar-refractivity contribution >= 4 is 5.82 Å². The SMILES string of the molecule is COCC(C)N1CCn2nc(N=O)cc2C1. The van der Waals surface area contributed by atoms with Gasteiger partial charge in [0.05, 0.1) is 18.8 Å². The molecule has 1 unspecified atom stereocenters. The van der Waals surface area contributed by atoms with E-state index in [0.717, 1.165) is 25.3 Å². The summed E-state index contributed by atoms with van der Waals surface area (Å²) in [6, 6.07) is 2.12. The highest BCUT2D eigenvalue weighted by Crippen LogP contribution is 2.19. The minimum atomic E-state index is 0.274. The van der Waals surface area contributed by atoms with Gasteiger partial charge in [-0.1, -0.05) is 0 Å². The summed E-state index contributed by atoms with van der Waals surface area (Å²) in [5.41, 5.74) is 1.05. The Balaban J connectivity index is 2.07. The molecule has 1 atom stereocenters. The molecule has 6 nitrogen and oxygen atoms in total. The molecular weight excluding hydrogens is 208 g/mol. The van der Waals surface area contributed by atoms with Crippen LogP contribution in [0.15, 0.2) is 11.2 Å². The third-order valence-electron chi connectivity index (χ3n) is 2.94. The van der Waals surface area contributed by atoms with Gasteiger partial charge >= 0.3 is 0 Å². The van der Waals surface area contributed by atoms with E-state index in [9.17, 15) is 4.91 Å². The lowest BCUT2D eigenvalue weighted by Gasteiger charge is -2.32. The molecule has 0 amide bonds. The van der Waals surface area contributed by atoms with Gasteiger partial charge in [0.25, 0.3) is 0 Å². The molecule has 0 bridgehead atoms. The van der Waals surface area contributed by atoms with E-state index in [1.54, 1.807) is 13.2 Å². The number of fused-ring (bicyclic) bond motifs is 1. The largest absolute Gasteiger partial charge is 0.383 e. The van der Waals surface area contributed by atoms with Crippen molar-refractivity contribution in [3.8, 4) is 0 Å². The van der Waals surface area contributed by atoms with Gasteiger partial charge in [0.15, 0.2) is 0 Å². The van der Waals surface area contributed by atoms with Gasteiger partial charge in [0, 0.05) is 32.3 Å². The van der Waals surface area contributed by atoms with Crippen LogP contribution in [0.5, 0.6) is 0 Å². The molecule has 0 saturated carbocycles. The highest BCUT2D eigenvalue weighted by atomic mass is 16.5. The van der Waals surface area contributed by atoms with Crippen LogP contribution in [0, 0.1) is 4.91 Å². The van der Waals surface area contributed by atoms with Gasteiger partial charge in [-0.15, -0.1) is 10.0 Å². The second-order valence-corrected chi connectivity index (χ2v) is 4.08. The molecule has 1 aromatic heterocycles. The Morgan fingerprint density at radius 1 is 1.62 bits per heavy atom. The Labute approximate surface area is 94.2 Å². The molecule has 2 rings (SSSR count). The summed E-state index contributed by atoms with van der Waals surface area (Å²) < 4.78 is 6.99. The second-order valence-electron chi connectivity index (χ2n) is 4.08. The summed E-state index contributed by atoms with van der Waals surface area (Å²) in [6.45, 7) is 5.38. The Bertz CT molecular complexity index is 377.